The van der Waals surface area contributed by atoms with Crippen LogP contribution in [0.1, 0.15) is 51.3 Å². The molecule has 5 nitrogen and oxygen atoms in total. The van der Waals surface area contributed by atoms with Crippen LogP contribution in [0.25, 0.3) is 0 Å². The third-order valence-electron chi connectivity index (χ3n) is 4.05. The zero-order valence-corrected chi connectivity index (χ0v) is 12.6. The third-order valence-corrected chi connectivity index (χ3v) is 4.05. The molecule has 5 heteroatoms. The number of nitrogens with two attached hydrogens (primary N) is 1. The Bertz CT molecular complexity index is 441. The number of rotatable bonds is 5. The van der Waals surface area contributed by atoms with Crippen LogP contribution in [0.4, 0.5) is 0 Å². The summed E-state index contributed by atoms with van der Waals surface area (Å²) < 4.78 is 2.09. The number of aryl methyl sites for hydroxylation is 1. The van der Waals surface area contributed by atoms with Gasteiger partial charge in [0.05, 0.1) is 0 Å². The summed E-state index contributed by atoms with van der Waals surface area (Å²) in [5, 5.41) is 0. The lowest BCUT2D eigenvalue weighted by Crippen LogP contribution is -2.47. The predicted molar refractivity (Wildman–Crippen MR) is 79.3 cm³/mol. The van der Waals surface area contributed by atoms with Gasteiger partial charge in [-0.05, 0) is 19.3 Å². The molecule has 0 aliphatic carbocycles. The first kappa shape index (κ1) is 15.0. The summed E-state index contributed by atoms with van der Waals surface area (Å²) in [6, 6.07) is 0.239. The second-order valence-corrected chi connectivity index (χ2v) is 5.86. The minimum Gasteiger partial charge on any atom is -0.338 e. The summed E-state index contributed by atoms with van der Waals surface area (Å²) in [5.74, 6) is 1.65. The van der Waals surface area contributed by atoms with E-state index in [0.29, 0.717) is 25.4 Å². The van der Waals surface area contributed by atoms with E-state index in [-0.39, 0.29) is 11.9 Å². The quantitative estimate of drug-likeness (QED) is 0.892. The molecule has 0 saturated carbocycles. The van der Waals surface area contributed by atoms with E-state index in [1.807, 2.05) is 17.3 Å². The Hall–Kier alpha value is -1.36. The molecule has 0 aromatic carbocycles. The fraction of sp³-hybridized carbons (Fsp3) is 0.733. The van der Waals surface area contributed by atoms with Crippen LogP contribution in [-0.2, 0) is 11.3 Å². The van der Waals surface area contributed by atoms with Crippen molar-refractivity contribution in [2.45, 2.75) is 58.0 Å². The number of piperidine rings is 1. The summed E-state index contributed by atoms with van der Waals surface area (Å²) in [4.78, 5) is 18.7. The number of carbonyl (C=O) groups excluding carboxylic acids is 1. The molecule has 1 aliphatic rings. The topological polar surface area (TPSA) is 64.2 Å². The Morgan fingerprint density at radius 1 is 1.50 bits per heavy atom. The largest absolute Gasteiger partial charge is 0.338 e. The number of imidazole rings is 1. The normalized spacial score (nSPS) is 19.6. The van der Waals surface area contributed by atoms with Crippen LogP contribution < -0.4 is 5.73 Å². The molecule has 2 N–H and O–H groups in total. The van der Waals surface area contributed by atoms with E-state index in [2.05, 4.69) is 23.4 Å². The molecule has 0 bridgehead atoms. The molecule has 0 radical (unpaired) electrons. The highest BCUT2D eigenvalue weighted by Crippen LogP contribution is 2.18. The van der Waals surface area contributed by atoms with E-state index in [4.69, 9.17) is 5.73 Å². The third kappa shape index (κ3) is 3.39. The highest BCUT2D eigenvalue weighted by Gasteiger charge is 2.25. The summed E-state index contributed by atoms with van der Waals surface area (Å²) in [5.41, 5.74) is 5.78. The van der Waals surface area contributed by atoms with Gasteiger partial charge in [-0.25, -0.2) is 4.98 Å². The van der Waals surface area contributed by atoms with Crippen LogP contribution in [0.15, 0.2) is 12.4 Å². The van der Waals surface area contributed by atoms with Crippen molar-refractivity contribution in [1.82, 2.24) is 14.5 Å². The smallest absolute Gasteiger partial charge is 0.224 e. The SMILES string of the molecule is CC(C)c1nccn1CCC(=O)N1CCCC[C@@H]1CN. The average Bonchev–Trinajstić information content (AvgIpc) is 2.93. The summed E-state index contributed by atoms with van der Waals surface area (Å²) >= 11 is 0. The van der Waals surface area contributed by atoms with Crippen LogP contribution in [-0.4, -0.2) is 39.5 Å². The number of amides is 1. The van der Waals surface area contributed by atoms with Crippen molar-refractivity contribution < 1.29 is 4.79 Å². The number of likely N-dealkylation sites (tertiary alicyclic amines) is 1. The number of carbonyl (C=O) groups is 1. The van der Waals surface area contributed by atoms with Gasteiger partial charge in [0.1, 0.15) is 5.82 Å². The van der Waals surface area contributed by atoms with E-state index in [1.165, 1.54) is 6.42 Å². The fourth-order valence-electron chi connectivity index (χ4n) is 2.94. The minimum absolute atomic E-state index is 0.226. The number of hydrogen-bond donors (Lipinski definition) is 1. The summed E-state index contributed by atoms with van der Waals surface area (Å²) in [6.45, 7) is 6.39. The van der Waals surface area contributed by atoms with Crippen LogP contribution in [0.2, 0.25) is 0 Å². The first-order chi connectivity index (χ1) is 9.63. The Balaban J connectivity index is 1.92. The molecule has 20 heavy (non-hydrogen) atoms. The Labute approximate surface area is 121 Å². The highest BCUT2D eigenvalue weighted by atomic mass is 16.2. The summed E-state index contributed by atoms with van der Waals surface area (Å²) in [7, 11) is 0. The van der Waals surface area contributed by atoms with E-state index in [0.717, 1.165) is 25.2 Å². The van der Waals surface area contributed by atoms with Crippen LogP contribution in [0.5, 0.6) is 0 Å². The van der Waals surface area contributed by atoms with Gasteiger partial charge in [0, 0.05) is 50.4 Å². The fourth-order valence-corrected chi connectivity index (χ4v) is 2.94. The molecule has 0 unspecified atom stereocenters. The summed E-state index contributed by atoms with van der Waals surface area (Å²) in [6.07, 6.45) is 7.63. The van der Waals surface area contributed by atoms with Crippen molar-refractivity contribution in [3.05, 3.63) is 18.2 Å². The van der Waals surface area contributed by atoms with E-state index in [1.54, 1.807) is 0 Å². The van der Waals surface area contributed by atoms with Gasteiger partial charge in [0.25, 0.3) is 0 Å². The van der Waals surface area contributed by atoms with Crippen molar-refractivity contribution >= 4 is 5.91 Å². The van der Waals surface area contributed by atoms with Gasteiger partial charge in [-0.3, -0.25) is 4.79 Å². The molecular weight excluding hydrogens is 252 g/mol. The lowest BCUT2D eigenvalue weighted by atomic mass is 10.0. The molecule has 1 aromatic rings. The van der Waals surface area contributed by atoms with E-state index >= 15 is 0 Å². The zero-order chi connectivity index (χ0) is 14.5. The van der Waals surface area contributed by atoms with Crippen molar-refractivity contribution in [2.24, 2.45) is 5.73 Å². The van der Waals surface area contributed by atoms with Crippen molar-refractivity contribution in [2.75, 3.05) is 13.1 Å². The lowest BCUT2D eigenvalue weighted by Gasteiger charge is -2.35. The monoisotopic (exact) mass is 278 g/mol. The van der Waals surface area contributed by atoms with Gasteiger partial charge < -0.3 is 15.2 Å². The van der Waals surface area contributed by atoms with Crippen LogP contribution >= 0.6 is 0 Å². The molecule has 1 aromatic heterocycles. The standard InChI is InChI=1S/C15H26N4O/c1-12(2)15-17-7-10-18(15)9-6-14(20)19-8-4-3-5-13(19)11-16/h7,10,12-13H,3-6,8-9,11,16H2,1-2H3/t13-/m1/s1. The molecule has 112 valence electrons. The van der Waals surface area contributed by atoms with Gasteiger partial charge in [-0.15, -0.1) is 0 Å². The van der Waals surface area contributed by atoms with E-state index in [9.17, 15) is 4.79 Å². The Kier molecular flexibility index (Phi) is 5.17. The average molecular weight is 278 g/mol. The minimum atomic E-state index is 0.226. The first-order valence-electron chi connectivity index (χ1n) is 7.64. The molecule has 1 amide bonds. The lowest BCUT2D eigenvalue weighted by molar-refractivity contribution is -0.134. The van der Waals surface area contributed by atoms with Crippen molar-refractivity contribution in [3.8, 4) is 0 Å². The Morgan fingerprint density at radius 2 is 2.30 bits per heavy atom. The highest BCUT2D eigenvalue weighted by molar-refractivity contribution is 5.76. The maximum absolute atomic E-state index is 12.4. The molecule has 1 saturated heterocycles. The molecule has 2 rings (SSSR count). The van der Waals surface area contributed by atoms with Crippen molar-refractivity contribution in [3.63, 3.8) is 0 Å². The first-order valence-corrected chi connectivity index (χ1v) is 7.64. The molecule has 1 fully saturated rings. The number of aromatic nitrogens is 2. The molecule has 2 heterocycles. The van der Waals surface area contributed by atoms with E-state index < -0.39 is 0 Å². The van der Waals surface area contributed by atoms with Gasteiger partial charge >= 0.3 is 0 Å². The second-order valence-electron chi connectivity index (χ2n) is 5.86. The maximum atomic E-state index is 12.4. The second kappa shape index (κ2) is 6.88. The van der Waals surface area contributed by atoms with Crippen LogP contribution in [0.3, 0.4) is 0 Å². The number of hydrogen-bond acceptors (Lipinski definition) is 3. The van der Waals surface area contributed by atoms with Gasteiger partial charge in [0.2, 0.25) is 5.91 Å². The predicted octanol–water partition coefficient (Wildman–Crippen LogP) is 1.74. The molecule has 1 atom stereocenters. The Morgan fingerprint density at radius 3 is 3.00 bits per heavy atom. The van der Waals surface area contributed by atoms with Gasteiger partial charge in [0.15, 0.2) is 0 Å². The zero-order valence-electron chi connectivity index (χ0n) is 12.6. The molecule has 0 spiro atoms. The maximum Gasteiger partial charge on any atom is 0.224 e. The molecular formula is C15H26N4O. The van der Waals surface area contributed by atoms with Gasteiger partial charge in [-0.1, -0.05) is 13.8 Å². The molecule has 1 aliphatic heterocycles. The van der Waals surface area contributed by atoms with Gasteiger partial charge in [-0.2, -0.15) is 0 Å². The van der Waals surface area contributed by atoms with Crippen LogP contribution in [0, 0.1) is 0 Å². The van der Waals surface area contributed by atoms with Crippen molar-refractivity contribution in [1.29, 1.82) is 0 Å². The number of nitrogens with zero attached hydrogens (tertiary/aromatic N) is 3.